The number of amides is 1. The third-order valence-electron chi connectivity index (χ3n) is 3.60. The zero-order valence-corrected chi connectivity index (χ0v) is 11.3. The Morgan fingerprint density at radius 2 is 2.11 bits per heavy atom. The van der Waals surface area contributed by atoms with Gasteiger partial charge in [0, 0.05) is 19.2 Å². The van der Waals surface area contributed by atoms with Crippen LogP contribution in [-0.4, -0.2) is 37.5 Å². The molecule has 0 spiro atoms. The third kappa shape index (κ3) is 3.33. The number of nitrogens with zero attached hydrogens (tertiary/aromatic N) is 1. The Labute approximate surface area is 109 Å². The van der Waals surface area contributed by atoms with Crippen molar-refractivity contribution in [2.75, 3.05) is 26.7 Å². The van der Waals surface area contributed by atoms with Gasteiger partial charge in [0.2, 0.25) is 0 Å². The highest BCUT2D eigenvalue weighted by Crippen LogP contribution is 2.14. The Balaban J connectivity index is 1.95. The van der Waals surface area contributed by atoms with Crippen LogP contribution in [-0.2, 0) is 0 Å². The zero-order chi connectivity index (χ0) is 13.0. The number of carbonyl (C=O) groups excluding carboxylic acids is 1. The van der Waals surface area contributed by atoms with Crippen LogP contribution in [0.1, 0.15) is 28.8 Å². The number of hydrogen-bond donors (Lipinski definition) is 1. The van der Waals surface area contributed by atoms with E-state index in [-0.39, 0.29) is 5.91 Å². The Hall–Kier alpha value is -1.35. The molecule has 98 valence electrons. The van der Waals surface area contributed by atoms with Crippen molar-refractivity contribution >= 4 is 5.91 Å². The van der Waals surface area contributed by atoms with Crippen molar-refractivity contribution in [2.45, 2.75) is 19.8 Å². The van der Waals surface area contributed by atoms with Crippen LogP contribution in [0.3, 0.4) is 0 Å². The largest absolute Gasteiger partial charge is 0.341 e. The topological polar surface area (TPSA) is 32.3 Å². The predicted octanol–water partition coefficient (Wildman–Crippen LogP) is 2.07. The average Bonchev–Trinajstić information content (AvgIpc) is 2.39. The lowest BCUT2D eigenvalue weighted by Crippen LogP contribution is -2.37. The normalized spacial score (nSPS) is 16.6. The Morgan fingerprint density at radius 3 is 2.78 bits per heavy atom. The second kappa shape index (κ2) is 6.01. The van der Waals surface area contributed by atoms with Crippen LogP contribution < -0.4 is 5.32 Å². The number of carbonyl (C=O) groups is 1. The predicted molar refractivity (Wildman–Crippen MR) is 73.7 cm³/mol. The molecule has 0 aromatic heterocycles. The molecule has 1 aromatic carbocycles. The summed E-state index contributed by atoms with van der Waals surface area (Å²) in [5, 5.41) is 3.35. The van der Waals surface area contributed by atoms with E-state index in [1.54, 1.807) is 0 Å². The molecule has 2 rings (SSSR count). The minimum absolute atomic E-state index is 0.136. The van der Waals surface area contributed by atoms with E-state index in [2.05, 4.69) is 5.32 Å². The fraction of sp³-hybridized carbons (Fsp3) is 0.533. The van der Waals surface area contributed by atoms with Crippen molar-refractivity contribution in [1.82, 2.24) is 10.2 Å². The van der Waals surface area contributed by atoms with Gasteiger partial charge < -0.3 is 10.2 Å². The summed E-state index contributed by atoms with van der Waals surface area (Å²) in [6, 6.07) is 7.82. The van der Waals surface area contributed by atoms with Crippen LogP contribution in [0.2, 0.25) is 0 Å². The standard InChI is InChI=1S/C15H22N2O/c1-12-4-3-5-14(10-12)15(18)17(2)11-13-6-8-16-9-7-13/h3-5,10,13,16H,6-9,11H2,1-2H3. The average molecular weight is 246 g/mol. The first kappa shape index (κ1) is 13.1. The quantitative estimate of drug-likeness (QED) is 0.885. The van der Waals surface area contributed by atoms with Crippen molar-refractivity contribution in [3.63, 3.8) is 0 Å². The van der Waals surface area contributed by atoms with Gasteiger partial charge in [-0.3, -0.25) is 4.79 Å². The van der Waals surface area contributed by atoms with Crippen LogP contribution >= 0.6 is 0 Å². The number of nitrogens with one attached hydrogen (secondary N) is 1. The molecule has 18 heavy (non-hydrogen) atoms. The molecular formula is C15H22N2O. The van der Waals surface area contributed by atoms with E-state index in [9.17, 15) is 4.79 Å². The van der Waals surface area contributed by atoms with E-state index < -0.39 is 0 Å². The molecule has 1 saturated heterocycles. The summed E-state index contributed by atoms with van der Waals surface area (Å²) in [6.45, 7) is 5.05. The maximum absolute atomic E-state index is 12.3. The van der Waals surface area contributed by atoms with Gasteiger partial charge >= 0.3 is 0 Å². The maximum atomic E-state index is 12.3. The molecule has 0 radical (unpaired) electrons. The van der Waals surface area contributed by atoms with E-state index >= 15 is 0 Å². The smallest absolute Gasteiger partial charge is 0.253 e. The van der Waals surface area contributed by atoms with E-state index in [0.717, 1.165) is 30.8 Å². The molecule has 3 nitrogen and oxygen atoms in total. The van der Waals surface area contributed by atoms with Gasteiger partial charge in [0.25, 0.3) is 5.91 Å². The van der Waals surface area contributed by atoms with Crippen molar-refractivity contribution in [2.24, 2.45) is 5.92 Å². The maximum Gasteiger partial charge on any atom is 0.253 e. The molecule has 1 fully saturated rings. The third-order valence-corrected chi connectivity index (χ3v) is 3.60. The second-order valence-corrected chi connectivity index (χ2v) is 5.25. The lowest BCUT2D eigenvalue weighted by Gasteiger charge is -2.27. The first-order chi connectivity index (χ1) is 8.66. The molecule has 0 saturated carbocycles. The van der Waals surface area contributed by atoms with Crippen molar-refractivity contribution in [3.8, 4) is 0 Å². The van der Waals surface area contributed by atoms with E-state index in [1.165, 1.54) is 12.8 Å². The number of piperidine rings is 1. The van der Waals surface area contributed by atoms with Gasteiger partial charge in [-0.1, -0.05) is 17.7 Å². The number of aryl methyl sites for hydroxylation is 1. The van der Waals surface area contributed by atoms with Gasteiger partial charge in [0.05, 0.1) is 0 Å². The monoisotopic (exact) mass is 246 g/mol. The fourth-order valence-electron chi connectivity index (χ4n) is 2.53. The van der Waals surface area contributed by atoms with Crippen LogP contribution in [0.15, 0.2) is 24.3 Å². The van der Waals surface area contributed by atoms with E-state index in [0.29, 0.717) is 5.92 Å². The van der Waals surface area contributed by atoms with Gasteiger partial charge in [-0.2, -0.15) is 0 Å². The Morgan fingerprint density at radius 1 is 1.39 bits per heavy atom. The Kier molecular flexibility index (Phi) is 4.37. The van der Waals surface area contributed by atoms with Crippen LogP contribution in [0.4, 0.5) is 0 Å². The van der Waals surface area contributed by atoms with Crippen molar-refractivity contribution < 1.29 is 4.79 Å². The SMILES string of the molecule is Cc1cccc(C(=O)N(C)CC2CCNCC2)c1. The molecule has 0 unspecified atom stereocenters. The molecule has 1 aromatic rings. The van der Waals surface area contributed by atoms with Crippen LogP contribution in [0.25, 0.3) is 0 Å². The summed E-state index contributed by atoms with van der Waals surface area (Å²) in [6.07, 6.45) is 2.34. The number of rotatable bonds is 3. The summed E-state index contributed by atoms with van der Waals surface area (Å²) in [5.41, 5.74) is 1.93. The number of benzene rings is 1. The van der Waals surface area contributed by atoms with Gasteiger partial charge in [0.15, 0.2) is 0 Å². The highest BCUT2D eigenvalue weighted by molar-refractivity contribution is 5.94. The van der Waals surface area contributed by atoms with Gasteiger partial charge in [-0.25, -0.2) is 0 Å². The zero-order valence-electron chi connectivity index (χ0n) is 11.3. The molecule has 0 bridgehead atoms. The molecule has 1 heterocycles. The minimum Gasteiger partial charge on any atom is -0.341 e. The van der Waals surface area contributed by atoms with E-state index in [4.69, 9.17) is 0 Å². The summed E-state index contributed by atoms with van der Waals surface area (Å²) in [5.74, 6) is 0.780. The first-order valence-corrected chi connectivity index (χ1v) is 6.69. The first-order valence-electron chi connectivity index (χ1n) is 6.69. The molecule has 1 aliphatic rings. The summed E-state index contributed by atoms with van der Waals surface area (Å²) < 4.78 is 0. The lowest BCUT2D eigenvalue weighted by atomic mass is 9.97. The minimum atomic E-state index is 0.136. The van der Waals surface area contributed by atoms with Crippen LogP contribution in [0, 0.1) is 12.8 Å². The van der Waals surface area contributed by atoms with E-state index in [1.807, 2.05) is 43.1 Å². The fourth-order valence-corrected chi connectivity index (χ4v) is 2.53. The second-order valence-electron chi connectivity index (χ2n) is 5.25. The highest BCUT2D eigenvalue weighted by atomic mass is 16.2. The molecule has 1 N–H and O–H groups in total. The van der Waals surface area contributed by atoms with Crippen molar-refractivity contribution in [1.29, 1.82) is 0 Å². The number of hydrogen-bond acceptors (Lipinski definition) is 2. The summed E-state index contributed by atoms with van der Waals surface area (Å²) in [4.78, 5) is 14.1. The molecule has 1 aliphatic heterocycles. The Bertz CT molecular complexity index is 411. The molecule has 0 aliphatic carbocycles. The summed E-state index contributed by atoms with van der Waals surface area (Å²) >= 11 is 0. The summed E-state index contributed by atoms with van der Waals surface area (Å²) in [7, 11) is 1.91. The highest BCUT2D eigenvalue weighted by Gasteiger charge is 2.18. The molecule has 0 atom stereocenters. The van der Waals surface area contributed by atoms with Gasteiger partial charge in [-0.15, -0.1) is 0 Å². The molecule has 3 heteroatoms. The van der Waals surface area contributed by atoms with Crippen LogP contribution in [0.5, 0.6) is 0 Å². The van der Waals surface area contributed by atoms with Gasteiger partial charge in [-0.05, 0) is 50.9 Å². The molecule has 1 amide bonds. The van der Waals surface area contributed by atoms with Crippen molar-refractivity contribution in [3.05, 3.63) is 35.4 Å². The lowest BCUT2D eigenvalue weighted by molar-refractivity contribution is 0.0762. The molecular weight excluding hydrogens is 224 g/mol. The van der Waals surface area contributed by atoms with Gasteiger partial charge in [0.1, 0.15) is 0 Å².